The molecule has 3 heteroatoms. The van der Waals surface area contributed by atoms with E-state index >= 15 is 0 Å². The Bertz CT molecular complexity index is 216. The van der Waals surface area contributed by atoms with E-state index in [2.05, 4.69) is 33.0 Å². The number of amides is 1. The normalized spacial score (nSPS) is 27.1. The largest absolute Gasteiger partial charge is 0.337 e. The van der Waals surface area contributed by atoms with Crippen molar-refractivity contribution < 1.29 is 4.79 Å². The van der Waals surface area contributed by atoms with E-state index in [9.17, 15) is 4.79 Å². The number of nitrogens with one attached hydrogen (secondary N) is 1. The minimum atomic E-state index is 0.317. The van der Waals surface area contributed by atoms with E-state index in [1.807, 2.05) is 4.90 Å². The van der Waals surface area contributed by atoms with E-state index in [1.54, 1.807) is 0 Å². The van der Waals surface area contributed by atoms with Gasteiger partial charge in [-0.15, -0.1) is 0 Å². The second-order valence-electron chi connectivity index (χ2n) is 4.90. The molecule has 1 aliphatic rings. The number of carbonyl (C=O) groups excluding carboxylic acids is 1. The van der Waals surface area contributed by atoms with Crippen LogP contribution in [0.25, 0.3) is 0 Å². The van der Waals surface area contributed by atoms with E-state index in [0.29, 0.717) is 30.3 Å². The van der Waals surface area contributed by atoms with Gasteiger partial charge in [0.2, 0.25) is 5.91 Å². The van der Waals surface area contributed by atoms with Crippen LogP contribution in [-0.4, -0.2) is 36.0 Å². The van der Waals surface area contributed by atoms with Gasteiger partial charge in [0, 0.05) is 31.6 Å². The maximum Gasteiger partial charge on any atom is 0.222 e. The molecule has 1 saturated heterocycles. The molecule has 2 atom stereocenters. The monoisotopic (exact) mass is 212 g/mol. The highest BCUT2D eigenvalue weighted by atomic mass is 16.2. The quantitative estimate of drug-likeness (QED) is 0.771. The molecule has 1 heterocycles. The van der Waals surface area contributed by atoms with Gasteiger partial charge in [0.15, 0.2) is 0 Å². The molecule has 3 nitrogen and oxygen atoms in total. The van der Waals surface area contributed by atoms with Crippen molar-refractivity contribution in [2.45, 2.75) is 52.6 Å². The molecular weight excluding hydrogens is 188 g/mol. The molecule has 1 N–H and O–H groups in total. The third-order valence-electron chi connectivity index (χ3n) is 3.19. The lowest BCUT2D eigenvalue weighted by atomic mass is 9.99. The van der Waals surface area contributed by atoms with Crippen molar-refractivity contribution in [1.29, 1.82) is 0 Å². The predicted molar refractivity (Wildman–Crippen MR) is 62.7 cm³/mol. The third-order valence-corrected chi connectivity index (χ3v) is 3.19. The molecular formula is C12H24N2O. The fourth-order valence-corrected chi connectivity index (χ4v) is 2.04. The zero-order chi connectivity index (χ0) is 11.4. The van der Waals surface area contributed by atoms with Crippen molar-refractivity contribution in [3.05, 3.63) is 0 Å². The summed E-state index contributed by atoms with van der Waals surface area (Å²) in [5, 5.41) is 3.50. The van der Waals surface area contributed by atoms with Crippen LogP contribution in [0.4, 0.5) is 0 Å². The van der Waals surface area contributed by atoms with E-state index < -0.39 is 0 Å². The minimum absolute atomic E-state index is 0.317. The topological polar surface area (TPSA) is 32.3 Å². The third kappa shape index (κ3) is 3.20. The van der Waals surface area contributed by atoms with Crippen LogP contribution in [0, 0.1) is 5.92 Å². The summed E-state index contributed by atoms with van der Waals surface area (Å²) < 4.78 is 0. The first kappa shape index (κ1) is 12.5. The Morgan fingerprint density at radius 1 is 1.53 bits per heavy atom. The van der Waals surface area contributed by atoms with Crippen molar-refractivity contribution >= 4 is 5.91 Å². The van der Waals surface area contributed by atoms with Crippen LogP contribution in [0.1, 0.15) is 40.5 Å². The molecule has 1 fully saturated rings. The summed E-state index contributed by atoms with van der Waals surface area (Å²) in [5.41, 5.74) is 0. The second kappa shape index (κ2) is 5.50. The Hall–Kier alpha value is -0.570. The highest BCUT2D eigenvalue weighted by Gasteiger charge is 2.29. The lowest BCUT2D eigenvalue weighted by Gasteiger charge is -2.40. The van der Waals surface area contributed by atoms with Gasteiger partial charge < -0.3 is 10.2 Å². The molecule has 15 heavy (non-hydrogen) atoms. The van der Waals surface area contributed by atoms with Crippen molar-refractivity contribution in [1.82, 2.24) is 10.2 Å². The molecule has 1 rings (SSSR count). The Balaban J connectivity index is 2.57. The molecule has 0 aromatic rings. The number of rotatable bonds is 3. The van der Waals surface area contributed by atoms with Crippen molar-refractivity contribution in [3.8, 4) is 0 Å². The molecule has 0 aromatic carbocycles. The van der Waals surface area contributed by atoms with Gasteiger partial charge in [-0.2, -0.15) is 0 Å². The summed E-state index contributed by atoms with van der Waals surface area (Å²) in [6.45, 7) is 10.4. The number of piperazine rings is 1. The number of hydrogen-bond donors (Lipinski definition) is 1. The SMILES string of the molecule is CCCC(=O)N1CC(C(C)C)NCC1C. The molecule has 0 aromatic heterocycles. The van der Waals surface area contributed by atoms with Crippen LogP contribution in [0.3, 0.4) is 0 Å². The molecule has 2 unspecified atom stereocenters. The summed E-state index contributed by atoms with van der Waals surface area (Å²) in [6, 6.07) is 0.807. The van der Waals surface area contributed by atoms with Crippen LogP contribution < -0.4 is 5.32 Å². The van der Waals surface area contributed by atoms with Crippen LogP contribution >= 0.6 is 0 Å². The van der Waals surface area contributed by atoms with Crippen LogP contribution in [-0.2, 0) is 4.79 Å². The van der Waals surface area contributed by atoms with Crippen molar-refractivity contribution in [2.75, 3.05) is 13.1 Å². The fraction of sp³-hybridized carbons (Fsp3) is 0.917. The smallest absolute Gasteiger partial charge is 0.222 e. The summed E-state index contributed by atoms with van der Waals surface area (Å²) in [7, 11) is 0. The summed E-state index contributed by atoms with van der Waals surface area (Å²) in [5.74, 6) is 0.909. The second-order valence-corrected chi connectivity index (χ2v) is 4.90. The van der Waals surface area contributed by atoms with Gasteiger partial charge in [-0.25, -0.2) is 0 Å². The molecule has 0 aliphatic carbocycles. The highest BCUT2D eigenvalue weighted by molar-refractivity contribution is 5.76. The van der Waals surface area contributed by atoms with E-state index in [1.165, 1.54) is 0 Å². The number of hydrogen-bond acceptors (Lipinski definition) is 2. The van der Waals surface area contributed by atoms with E-state index in [0.717, 1.165) is 19.5 Å². The molecule has 1 aliphatic heterocycles. The highest BCUT2D eigenvalue weighted by Crippen LogP contribution is 2.14. The standard InChI is InChI=1S/C12H24N2O/c1-5-6-12(15)14-8-11(9(2)3)13-7-10(14)4/h9-11,13H,5-8H2,1-4H3. The molecule has 0 bridgehead atoms. The maximum absolute atomic E-state index is 11.9. The number of nitrogens with zero attached hydrogens (tertiary/aromatic N) is 1. The average Bonchev–Trinajstić information content (AvgIpc) is 2.18. The van der Waals surface area contributed by atoms with Gasteiger partial charge in [-0.05, 0) is 19.3 Å². The van der Waals surface area contributed by atoms with Gasteiger partial charge in [0.1, 0.15) is 0 Å². The van der Waals surface area contributed by atoms with Gasteiger partial charge in [0.05, 0.1) is 0 Å². The Labute approximate surface area is 93.2 Å². The zero-order valence-electron chi connectivity index (χ0n) is 10.4. The lowest BCUT2D eigenvalue weighted by Crippen LogP contribution is -2.58. The Morgan fingerprint density at radius 2 is 2.20 bits per heavy atom. The van der Waals surface area contributed by atoms with E-state index in [4.69, 9.17) is 0 Å². The summed E-state index contributed by atoms with van der Waals surface area (Å²) in [4.78, 5) is 13.9. The molecule has 0 saturated carbocycles. The molecule has 0 spiro atoms. The van der Waals surface area contributed by atoms with Crippen molar-refractivity contribution in [3.63, 3.8) is 0 Å². The Morgan fingerprint density at radius 3 is 2.73 bits per heavy atom. The van der Waals surface area contributed by atoms with Gasteiger partial charge >= 0.3 is 0 Å². The molecule has 0 radical (unpaired) electrons. The molecule has 1 amide bonds. The fourth-order valence-electron chi connectivity index (χ4n) is 2.04. The predicted octanol–water partition coefficient (Wildman–Crippen LogP) is 1.63. The zero-order valence-corrected chi connectivity index (χ0v) is 10.4. The molecule has 88 valence electrons. The van der Waals surface area contributed by atoms with Crippen LogP contribution in [0.2, 0.25) is 0 Å². The van der Waals surface area contributed by atoms with Gasteiger partial charge in [-0.1, -0.05) is 20.8 Å². The van der Waals surface area contributed by atoms with Crippen LogP contribution in [0.5, 0.6) is 0 Å². The Kier molecular flexibility index (Phi) is 4.58. The van der Waals surface area contributed by atoms with Crippen molar-refractivity contribution in [2.24, 2.45) is 5.92 Å². The summed E-state index contributed by atoms with van der Waals surface area (Å²) >= 11 is 0. The minimum Gasteiger partial charge on any atom is -0.337 e. The lowest BCUT2D eigenvalue weighted by molar-refractivity contribution is -0.135. The first-order valence-electron chi connectivity index (χ1n) is 6.09. The van der Waals surface area contributed by atoms with Gasteiger partial charge in [-0.3, -0.25) is 4.79 Å². The van der Waals surface area contributed by atoms with E-state index in [-0.39, 0.29) is 0 Å². The first-order valence-corrected chi connectivity index (χ1v) is 6.09. The average molecular weight is 212 g/mol. The first-order chi connectivity index (χ1) is 7.06. The van der Waals surface area contributed by atoms with Crippen LogP contribution in [0.15, 0.2) is 0 Å². The summed E-state index contributed by atoms with van der Waals surface area (Å²) in [6.07, 6.45) is 1.64. The number of carbonyl (C=O) groups is 1. The maximum atomic E-state index is 11.9. The van der Waals surface area contributed by atoms with Gasteiger partial charge in [0.25, 0.3) is 0 Å².